The van der Waals surface area contributed by atoms with Gasteiger partial charge in [-0.05, 0) is 16.7 Å². The van der Waals surface area contributed by atoms with E-state index < -0.39 is 18.2 Å². The van der Waals surface area contributed by atoms with Gasteiger partial charge < -0.3 is 25.1 Å². The van der Waals surface area contributed by atoms with Gasteiger partial charge in [0, 0.05) is 12.0 Å². The second kappa shape index (κ2) is 11.4. The molecule has 0 radical (unpaired) electrons. The second-order valence-corrected chi connectivity index (χ2v) is 8.21. The molecular formula is C27H31NO4. The first-order valence-electron chi connectivity index (χ1n) is 11.1. The van der Waals surface area contributed by atoms with E-state index in [-0.39, 0.29) is 18.6 Å². The minimum absolute atomic E-state index is 0.0863. The Labute approximate surface area is 189 Å². The summed E-state index contributed by atoms with van der Waals surface area (Å²) in [6.45, 7) is 1.18. The van der Waals surface area contributed by atoms with Crippen molar-refractivity contribution in [2.75, 3.05) is 6.61 Å². The summed E-state index contributed by atoms with van der Waals surface area (Å²) in [6, 6.07) is 29.6. The first kappa shape index (κ1) is 22.6. The van der Waals surface area contributed by atoms with E-state index in [1.807, 2.05) is 91.0 Å². The number of aliphatic hydroxyl groups excluding tert-OH is 1. The predicted molar refractivity (Wildman–Crippen MR) is 124 cm³/mol. The van der Waals surface area contributed by atoms with Gasteiger partial charge in [0.05, 0.1) is 32.5 Å². The Bertz CT molecular complexity index is 922. The van der Waals surface area contributed by atoms with Crippen molar-refractivity contribution in [1.82, 2.24) is 0 Å². The number of benzene rings is 3. The lowest BCUT2D eigenvalue weighted by atomic mass is 10.0. The summed E-state index contributed by atoms with van der Waals surface area (Å²) in [6.07, 6.45) is -1.16. The maximum Gasteiger partial charge on any atom is 0.112 e. The van der Waals surface area contributed by atoms with Crippen molar-refractivity contribution in [3.63, 3.8) is 0 Å². The molecule has 168 valence electrons. The first-order chi connectivity index (χ1) is 15.8. The summed E-state index contributed by atoms with van der Waals surface area (Å²) >= 11 is 0. The molecular weight excluding hydrogens is 402 g/mol. The number of hydrogen-bond donors (Lipinski definition) is 2. The smallest absolute Gasteiger partial charge is 0.112 e. The average Bonchev–Trinajstić information content (AvgIpc) is 3.11. The molecule has 5 unspecified atom stereocenters. The zero-order valence-electron chi connectivity index (χ0n) is 18.1. The van der Waals surface area contributed by atoms with Gasteiger partial charge in [0.15, 0.2) is 0 Å². The zero-order chi connectivity index (χ0) is 22.2. The maximum atomic E-state index is 10.1. The van der Waals surface area contributed by atoms with E-state index in [4.69, 9.17) is 19.9 Å². The van der Waals surface area contributed by atoms with Crippen LogP contribution in [0, 0.1) is 5.92 Å². The Morgan fingerprint density at radius 3 is 1.34 bits per heavy atom. The summed E-state index contributed by atoms with van der Waals surface area (Å²) in [4.78, 5) is 0. The molecule has 5 atom stereocenters. The van der Waals surface area contributed by atoms with Crippen LogP contribution in [-0.2, 0) is 34.0 Å². The van der Waals surface area contributed by atoms with E-state index in [9.17, 15) is 5.11 Å². The molecule has 3 aromatic carbocycles. The van der Waals surface area contributed by atoms with Crippen LogP contribution in [0.2, 0.25) is 0 Å². The SMILES string of the molecule is NC1C(CO)C(OCc2ccccc2)C(OCc2ccccc2)C1OCc1ccccc1. The highest BCUT2D eigenvalue weighted by Crippen LogP contribution is 2.34. The fourth-order valence-electron chi connectivity index (χ4n) is 4.25. The van der Waals surface area contributed by atoms with Crippen molar-refractivity contribution in [1.29, 1.82) is 0 Å². The molecule has 4 rings (SSSR count). The standard InChI is InChI=1S/C27H31NO4/c28-24-23(16-29)25(30-17-20-10-4-1-5-11-20)27(32-19-22-14-8-3-9-15-22)26(24)31-18-21-12-6-2-7-13-21/h1-15,23-27,29H,16-19,28H2. The third-order valence-corrected chi connectivity index (χ3v) is 6.01. The Balaban J connectivity index is 1.51. The highest BCUT2D eigenvalue weighted by Gasteiger charge is 2.51. The topological polar surface area (TPSA) is 73.9 Å². The minimum Gasteiger partial charge on any atom is -0.396 e. The van der Waals surface area contributed by atoms with Gasteiger partial charge in [-0.25, -0.2) is 0 Å². The molecule has 0 bridgehead atoms. The third-order valence-electron chi connectivity index (χ3n) is 6.01. The zero-order valence-corrected chi connectivity index (χ0v) is 18.1. The largest absolute Gasteiger partial charge is 0.396 e. The average molecular weight is 434 g/mol. The highest BCUT2D eigenvalue weighted by molar-refractivity contribution is 5.16. The number of nitrogens with two attached hydrogens (primary N) is 1. The molecule has 1 fully saturated rings. The quantitative estimate of drug-likeness (QED) is 0.510. The first-order valence-corrected chi connectivity index (χ1v) is 11.1. The normalized spacial score (nSPS) is 25.1. The minimum atomic E-state index is -0.398. The fourth-order valence-corrected chi connectivity index (χ4v) is 4.25. The molecule has 0 heterocycles. The van der Waals surface area contributed by atoms with Crippen LogP contribution in [-0.4, -0.2) is 36.1 Å². The molecule has 1 aliphatic carbocycles. The molecule has 0 amide bonds. The number of hydrogen-bond acceptors (Lipinski definition) is 5. The van der Waals surface area contributed by atoms with Gasteiger partial charge in [0.2, 0.25) is 0 Å². The number of ether oxygens (including phenoxy) is 3. The van der Waals surface area contributed by atoms with Crippen molar-refractivity contribution in [3.8, 4) is 0 Å². The molecule has 3 aromatic rings. The second-order valence-electron chi connectivity index (χ2n) is 8.21. The molecule has 0 aromatic heterocycles. The Kier molecular flexibility index (Phi) is 8.04. The Morgan fingerprint density at radius 2 is 0.938 bits per heavy atom. The number of rotatable bonds is 10. The van der Waals surface area contributed by atoms with Crippen molar-refractivity contribution in [2.24, 2.45) is 11.7 Å². The van der Waals surface area contributed by atoms with E-state index >= 15 is 0 Å². The van der Waals surface area contributed by atoms with Gasteiger partial charge in [-0.2, -0.15) is 0 Å². The molecule has 3 N–H and O–H groups in total. The molecule has 1 aliphatic rings. The lowest BCUT2D eigenvalue weighted by molar-refractivity contribution is -0.129. The molecule has 5 nitrogen and oxygen atoms in total. The van der Waals surface area contributed by atoms with Gasteiger partial charge in [0.25, 0.3) is 0 Å². The fraction of sp³-hybridized carbons (Fsp3) is 0.333. The molecule has 0 aliphatic heterocycles. The molecule has 1 saturated carbocycles. The summed E-state index contributed by atoms with van der Waals surface area (Å²) in [5.41, 5.74) is 9.77. The van der Waals surface area contributed by atoms with Gasteiger partial charge >= 0.3 is 0 Å². The van der Waals surface area contributed by atoms with Gasteiger partial charge in [-0.1, -0.05) is 91.0 Å². The predicted octanol–water partition coefficient (Wildman–Crippen LogP) is 3.69. The lowest BCUT2D eigenvalue weighted by Gasteiger charge is -2.27. The summed E-state index contributed by atoms with van der Waals surface area (Å²) in [5.74, 6) is -0.278. The summed E-state index contributed by atoms with van der Waals surface area (Å²) < 4.78 is 18.9. The van der Waals surface area contributed by atoms with Crippen LogP contribution < -0.4 is 5.73 Å². The van der Waals surface area contributed by atoms with Crippen molar-refractivity contribution in [3.05, 3.63) is 108 Å². The number of aliphatic hydroxyl groups is 1. The van der Waals surface area contributed by atoms with Crippen LogP contribution >= 0.6 is 0 Å². The Hall–Kier alpha value is -2.54. The van der Waals surface area contributed by atoms with Crippen molar-refractivity contribution >= 4 is 0 Å². The van der Waals surface area contributed by atoms with Gasteiger partial charge in [-0.15, -0.1) is 0 Å². The van der Waals surface area contributed by atoms with Gasteiger partial charge in [0.1, 0.15) is 12.2 Å². The van der Waals surface area contributed by atoms with Crippen LogP contribution in [0.1, 0.15) is 16.7 Å². The molecule has 0 saturated heterocycles. The van der Waals surface area contributed by atoms with Crippen LogP contribution in [0.5, 0.6) is 0 Å². The van der Waals surface area contributed by atoms with E-state index in [1.165, 1.54) is 0 Å². The highest BCUT2D eigenvalue weighted by atomic mass is 16.6. The van der Waals surface area contributed by atoms with Gasteiger partial charge in [-0.3, -0.25) is 0 Å². The van der Waals surface area contributed by atoms with E-state index in [0.717, 1.165) is 16.7 Å². The molecule has 0 spiro atoms. The van der Waals surface area contributed by atoms with E-state index in [0.29, 0.717) is 19.8 Å². The summed E-state index contributed by atoms with van der Waals surface area (Å²) in [5, 5.41) is 10.1. The van der Waals surface area contributed by atoms with Crippen LogP contribution in [0.3, 0.4) is 0 Å². The van der Waals surface area contributed by atoms with E-state index in [2.05, 4.69) is 0 Å². The van der Waals surface area contributed by atoms with Crippen molar-refractivity contribution in [2.45, 2.75) is 44.2 Å². The third kappa shape index (κ3) is 5.63. The molecule has 5 heteroatoms. The monoisotopic (exact) mass is 433 g/mol. The lowest BCUT2D eigenvalue weighted by Crippen LogP contribution is -2.42. The maximum absolute atomic E-state index is 10.1. The van der Waals surface area contributed by atoms with Crippen LogP contribution in [0.15, 0.2) is 91.0 Å². The summed E-state index contributed by atoms with van der Waals surface area (Å²) in [7, 11) is 0. The molecule has 32 heavy (non-hydrogen) atoms. The van der Waals surface area contributed by atoms with E-state index in [1.54, 1.807) is 0 Å². The Morgan fingerprint density at radius 1 is 0.562 bits per heavy atom. The van der Waals surface area contributed by atoms with Crippen LogP contribution in [0.25, 0.3) is 0 Å². The van der Waals surface area contributed by atoms with Crippen LogP contribution in [0.4, 0.5) is 0 Å². The van der Waals surface area contributed by atoms with Crippen molar-refractivity contribution < 1.29 is 19.3 Å².